The number of carboxylic acids is 1. The predicted octanol–water partition coefficient (Wildman–Crippen LogP) is 3.37. The molecule has 1 atom stereocenters. The van der Waals surface area contributed by atoms with Crippen LogP contribution in [0.25, 0.3) is 0 Å². The lowest BCUT2D eigenvalue weighted by Crippen LogP contribution is -2.46. The van der Waals surface area contributed by atoms with E-state index < -0.39 is 23.8 Å². The van der Waals surface area contributed by atoms with Gasteiger partial charge in [-0.1, -0.05) is 12.1 Å². The zero-order valence-electron chi connectivity index (χ0n) is 13.4. The first-order chi connectivity index (χ1) is 11.8. The van der Waals surface area contributed by atoms with Gasteiger partial charge in [0.2, 0.25) is 0 Å². The average Bonchev–Trinajstić information content (AvgIpc) is 2.58. The van der Waals surface area contributed by atoms with Crippen molar-refractivity contribution in [3.63, 3.8) is 0 Å². The van der Waals surface area contributed by atoms with Gasteiger partial charge >= 0.3 is 18.2 Å². The Labute approximate surface area is 147 Å². The van der Waals surface area contributed by atoms with Gasteiger partial charge in [0.05, 0.1) is 11.6 Å². The first-order valence-corrected chi connectivity index (χ1v) is 8.95. The van der Waals surface area contributed by atoms with Crippen LogP contribution in [0.1, 0.15) is 30.0 Å². The number of alkyl halides is 3. The molecule has 1 aliphatic heterocycles. The van der Waals surface area contributed by atoms with Crippen molar-refractivity contribution in [1.29, 1.82) is 0 Å². The van der Waals surface area contributed by atoms with Gasteiger partial charge in [0.25, 0.3) is 0 Å². The summed E-state index contributed by atoms with van der Waals surface area (Å²) < 4.78 is 38.7. The third-order valence-electron chi connectivity index (χ3n) is 3.83. The van der Waals surface area contributed by atoms with Gasteiger partial charge in [-0.15, -0.1) is 0 Å². The van der Waals surface area contributed by atoms with Crippen molar-refractivity contribution in [2.75, 3.05) is 24.6 Å². The van der Waals surface area contributed by atoms with E-state index in [9.17, 15) is 22.8 Å². The molecule has 0 saturated carbocycles. The molecule has 1 aromatic carbocycles. The molecule has 1 unspecified atom stereocenters. The molecule has 1 aromatic rings. The Balaban J connectivity index is 2.07. The van der Waals surface area contributed by atoms with Crippen molar-refractivity contribution in [3.05, 3.63) is 35.4 Å². The number of urea groups is 1. The molecule has 5 nitrogen and oxygen atoms in total. The fourth-order valence-electron chi connectivity index (χ4n) is 2.58. The first kappa shape index (κ1) is 19.4. The van der Waals surface area contributed by atoms with Gasteiger partial charge in [0.15, 0.2) is 0 Å². The number of benzene rings is 1. The molecule has 9 heteroatoms. The molecule has 2 N–H and O–H groups in total. The Kier molecular flexibility index (Phi) is 6.57. The Hall–Kier alpha value is -1.90. The van der Waals surface area contributed by atoms with Crippen molar-refractivity contribution < 1.29 is 27.9 Å². The van der Waals surface area contributed by atoms with Crippen LogP contribution in [0, 0.1) is 0 Å². The number of carbonyl (C=O) groups is 2. The highest BCUT2D eigenvalue weighted by atomic mass is 32.2. The quantitative estimate of drug-likeness (QED) is 0.773. The van der Waals surface area contributed by atoms with E-state index in [1.54, 1.807) is 17.8 Å². The highest BCUT2D eigenvalue weighted by Crippen LogP contribution is 2.34. The SMILES string of the molecule is O=C(O)CCCNC(=O)N1CCSCC1c1cccc(C(F)(F)F)c1. The summed E-state index contributed by atoms with van der Waals surface area (Å²) in [5, 5.41) is 11.2. The maximum atomic E-state index is 12.9. The summed E-state index contributed by atoms with van der Waals surface area (Å²) in [7, 11) is 0. The molecule has 0 aromatic heterocycles. The van der Waals surface area contributed by atoms with Crippen LogP contribution in [0.3, 0.4) is 0 Å². The maximum absolute atomic E-state index is 12.9. The van der Waals surface area contributed by atoms with Gasteiger partial charge in [-0.3, -0.25) is 4.79 Å². The summed E-state index contributed by atoms with van der Waals surface area (Å²) >= 11 is 1.58. The smallest absolute Gasteiger partial charge is 0.416 e. The number of rotatable bonds is 5. The molecule has 1 heterocycles. The number of hydrogen-bond acceptors (Lipinski definition) is 3. The van der Waals surface area contributed by atoms with Crippen LogP contribution in [0.4, 0.5) is 18.0 Å². The Morgan fingerprint density at radius 1 is 1.36 bits per heavy atom. The molecular formula is C16H19F3N2O3S. The molecule has 0 spiro atoms. The number of carbonyl (C=O) groups excluding carboxylic acids is 1. The average molecular weight is 376 g/mol. The van der Waals surface area contributed by atoms with E-state index in [1.807, 2.05) is 0 Å². The van der Waals surface area contributed by atoms with E-state index in [0.29, 0.717) is 30.0 Å². The molecule has 0 bridgehead atoms. The summed E-state index contributed by atoms with van der Waals surface area (Å²) in [5.41, 5.74) is -0.287. The molecule has 1 saturated heterocycles. The van der Waals surface area contributed by atoms with Crippen molar-refractivity contribution in [2.45, 2.75) is 25.1 Å². The number of aliphatic carboxylic acids is 1. The van der Waals surface area contributed by atoms with Gasteiger partial charge < -0.3 is 15.3 Å². The minimum absolute atomic E-state index is 0.0484. The monoisotopic (exact) mass is 376 g/mol. The standard InChI is InChI=1S/C16H19F3N2O3S/c17-16(18,19)12-4-1-3-11(9-12)13-10-25-8-7-21(13)15(24)20-6-2-5-14(22)23/h1,3-4,9,13H,2,5-8,10H2,(H,20,24)(H,22,23). The summed E-state index contributed by atoms with van der Waals surface area (Å²) in [5.74, 6) is 0.285. The number of thioether (sulfide) groups is 1. The molecule has 0 radical (unpaired) electrons. The zero-order chi connectivity index (χ0) is 18.4. The van der Waals surface area contributed by atoms with Gasteiger partial charge in [-0.25, -0.2) is 4.79 Å². The Morgan fingerprint density at radius 3 is 2.80 bits per heavy atom. The van der Waals surface area contributed by atoms with Crippen molar-refractivity contribution >= 4 is 23.8 Å². The summed E-state index contributed by atoms with van der Waals surface area (Å²) in [6.07, 6.45) is -4.17. The number of nitrogens with one attached hydrogen (secondary N) is 1. The summed E-state index contributed by atoms with van der Waals surface area (Å²) in [4.78, 5) is 24.3. The van der Waals surface area contributed by atoms with Crippen LogP contribution in [-0.4, -0.2) is 46.6 Å². The van der Waals surface area contributed by atoms with E-state index in [0.717, 1.165) is 12.1 Å². The number of halogens is 3. The molecule has 25 heavy (non-hydrogen) atoms. The second-order valence-electron chi connectivity index (χ2n) is 5.64. The number of hydrogen-bond donors (Lipinski definition) is 2. The van der Waals surface area contributed by atoms with Gasteiger partial charge in [-0.2, -0.15) is 24.9 Å². The Bertz CT molecular complexity index is 625. The minimum Gasteiger partial charge on any atom is -0.481 e. The lowest BCUT2D eigenvalue weighted by atomic mass is 10.0. The second kappa shape index (κ2) is 8.46. The van der Waals surface area contributed by atoms with Gasteiger partial charge in [0, 0.05) is 31.0 Å². The summed E-state index contributed by atoms with van der Waals surface area (Å²) in [6.45, 7) is 0.639. The van der Waals surface area contributed by atoms with Crippen LogP contribution in [0.5, 0.6) is 0 Å². The van der Waals surface area contributed by atoms with Crippen LogP contribution in [0.2, 0.25) is 0 Å². The van der Waals surface area contributed by atoms with Crippen molar-refractivity contribution in [2.24, 2.45) is 0 Å². The van der Waals surface area contributed by atoms with E-state index >= 15 is 0 Å². The molecular weight excluding hydrogens is 357 g/mol. The van der Waals surface area contributed by atoms with Crippen molar-refractivity contribution in [1.82, 2.24) is 10.2 Å². The molecule has 0 aliphatic carbocycles. The van der Waals surface area contributed by atoms with Crippen LogP contribution in [0.15, 0.2) is 24.3 Å². The van der Waals surface area contributed by atoms with E-state index in [-0.39, 0.29) is 19.0 Å². The Morgan fingerprint density at radius 2 is 2.12 bits per heavy atom. The summed E-state index contributed by atoms with van der Waals surface area (Å²) in [6, 6.07) is 4.21. The lowest BCUT2D eigenvalue weighted by molar-refractivity contribution is -0.138. The largest absolute Gasteiger partial charge is 0.481 e. The van der Waals surface area contributed by atoms with Gasteiger partial charge in [0.1, 0.15) is 0 Å². The zero-order valence-corrected chi connectivity index (χ0v) is 14.2. The lowest BCUT2D eigenvalue weighted by Gasteiger charge is -2.36. The van der Waals surface area contributed by atoms with Gasteiger partial charge in [-0.05, 0) is 24.1 Å². The fraction of sp³-hybridized carbons (Fsp3) is 0.500. The third kappa shape index (κ3) is 5.55. The molecule has 1 aliphatic rings. The molecule has 138 valence electrons. The molecule has 2 amide bonds. The highest BCUT2D eigenvalue weighted by Gasteiger charge is 2.33. The highest BCUT2D eigenvalue weighted by molar-refractivity contribution is 7.99. The van der Waals surface area contributed by atoms with Crippen LogP contribution < -0.4 is 5.32 Å². The normalized spacial score (nSPS) is 18.0. The van der Waals surface area contributed by atoms with E-state index in [4.69, 9.17) is 5.11 Å². The number of carboxylic acid groups (broad SMARTS) is 1. The van der Waals surface area contributed by atoms with Crippen LogP contribution in [-0.2, 0) is 11.0 Å². The minimum atomic E-state index is -4.43. The van der Waals surface area contributed by atoms with Crippen LogP contribution >= 0.6 is 11.8 Å². The van der Waals surface area contributed by atoms with E-state index in [1.165, 1.54) is 11.0 Å². The number of nitrogens with zero attached hydrogens (tertiary/aromatic N) is 1. The third-order valence-corrected chi connectivity index (χ3v) is 4.85. The fourth-order valence-corrected chi connectivity index (χ4v) is 3.67. The molecule has 2 rings (SSSR count). The topological polar surface area (TPSA) is 69.6 Å². The van der Waals surface area contributed by atoms with E-state index in [2.05, 4.69) is 5.32 Å². The maximum Gasteiger partial charge on any atom is 0.416 e. The number of amides is 2. The second-order valence-corrected chi connectivity index (χ2v) is 6.79. The molecule has 1 fully saturated rings. The van der Waals surface area contributed by atoms with Crippen molar-refractivity contribution in [3.8, 4) is 0 Å². The predicted molar refractivity (Wildman–Crippen MR) is 88.5 cm³/mol. The first-order valence-electron chi connectivity index (χ1n) is 7.80.